The van der Waals surface area contributed by atoms with E-state index in [0.717, 1.165) is 0 Å². The van der Waals surface area contributed by atoms with Crippen LogP contribution in [0.2, 0.25) is 10.0 Å². The first-order valence-electron chi connectivity index (χ1n) is 7.00. The number of furan rings is 1. The fourth-order valence-electron chi connectivity index (χ4n) is 2.25. The molecule has 0 bridgehead atoms. The van der Waals surface area contributed by atoms with Crippen molar-refractivity contribution in [1.29, 1.82) is 5.26 Å². The Morgan fingerprint density at radius 2 is 1.88 bits per heavy atom. The fourth-order valence-corrected chi connectivity index (χ4v) is 2.64. The molecule has 0 aliphatic carbocycles. The van der Waals surface area contributed by atoms with Crippen molar-refractivity contribution in [3.63, 3.8) is 0 Å². The van der Waals surface area contributed by atoms with E-state index in [1.165, 1.54) is 12.1 Å². The lowest BCUT2D eigenvalue weighted by atomic mass is 10.1. The van der Waals surface area contributed by atoms with Crippen LogP contribution in [0.4, 0.5) is 4.39 Å². The molecule has 118 valence electrons. The Morgan fingerprint density at radius 3 is 2.62 bits per heavy atom. The van der Waals surface area contributed by atoms with Crippen molar-refractivity contribution in [3.8, 4) is 17.4 Å². The summed E-state index contributed by atoms with van der Waals surface area (Å²) in [5.41, 5.74) is 1.04. The summed E-state index contributed by atoms with van der Waals surface area (Å²) in [4.78, 5) is 0. The third-order valence-electron chi connectivity index (χ3n) is 3.39. The molecule has 0 spiro atoms. The van der Waals surface area contributed by atoms with Crippen LogP contribution in [-0.4, -0.2) is 0 Å². The Labute approximate surface area is 148 Å². The van der Waals surface area contributed by atoms with E-state index in [-0.39, 0.29) is 11.1 Å². The first-order valence-corrected chi connectivity index (χ1v) is 7.76. The lowest BCUT2D eigenvalue weighted by Crippen LogP contribution is -1.86. The van der Waals surface area contributed by atoms with Gasteiger partial charge in [0.25, 0.3) is 0 Å². The van der Waals surface area contributed by atoms with Crippen molar-refractivity contribution in [2.24, 2.45) is 0 Å². The minimum Gasteiger partial charge on any atom is -0.457 e. The van der Waals surface area contributed by atoms with Crippen LogP contribution >= 0.6 is 23.2 Å². The van der Waals surface area contributed by atoms with E-state index in [0.29, 0.717) is 27.1 Å². The molecule has 5 heteroatoms. The minimum absolute atomic E-state index is 0.172. The fraction of sp³-hybridized carbons (Fsp3) is 0. The second-order valence-electron chi connectivity index (χ2n) is 4.98. The van der Waals surface area contributed by atoms with E-state index in [4.69, 9.17) is 27.6 Å². The maximum Gasteiger partial charge on any atom is 0.136 e. The molecule has 0 amide bonds. The van der Waals surface area contributed by atoms with E-state index in [2.05, 4.69) is 0 Å². The van der Waals surface area contributed by atoms with Crippen LogP contribution in [0, 0.1) is 17.1 Å². The number of nitriles is 1. The van der Waals surface area contributed by atoms with Gasteiger partial charge in [0, 0.05) is 16.1 Å². The summed E-state index contributed by atoms with van der Waals surface area (Å²) >= 11 is 12.1. The molecule has 0 radical (unpaired) electrons. The highest BCUT2D eigenvalue weighted by molar-refractivity contribution is 6.35. The smallest absolute Gasteiger partial charge is 0.136 e. The summed E-state index contributed by atoms with van der Waals surface area (Å²) < 4.78 is 19.5. The standard InChI is InChI=1S/C19H10Cl2FNO/c20-13-5-7-17(21)16(10-13)19-8-6-14(24-19)9-12(11-23)15-3-1-2-4-18(15)22/h1-10H/b12-9-. The first kappa shape index (κ1) is 16.3. The van der Waals surface area contributed by atoms with Crippen LogP contribution in [0.5, 0.6) is 0 Å². The number of benzene rings is 2. The molecule has 0 N–H and O–H groups in total. The van der Waals surface area contributed by atoms with E-state index < -0.39 is 5.82 Å². The predicted molar refractivity (Wildman–Crippen MR) is 94.0 cm³/mol. The molecular formula is C19H10Cl2FNO. The molecule has 2 aromatic carbocycles. The van der Waals surface area contributed by atoms with Crippen molar-refractivity contribution < 1.29 is 8.81 Å². The van der Waals surface area contributed by atoms with Gasteiger partial charge in [0.2, 0.25) is 0 Å². The number of nitrogens with zero attached hydrogens (tertiary/aromatic N) is 1. The Balaban J connectivity index is 2.00. The molecule has 24 heavy (non-hydrogen) atoms. The van der Waals surface area contributed by atoms with Crippen molar-refractivity contribution in [2.75, 3.05) is 0 Å². The lowest BCUT2D eigenvalue weighted by Gasteiger charge is -2.02. The molecule has 1 heterocycles. The highest BCUT2D eigenvalue weighted by Crippen LogP contribution is 2.32. The highest BCUT2D eigenvalue weighted by Gasteiger charge is 2.11. The van der Waals surface area contributed by atoms with Gasteiger partial charge in [-0.15, -0.1) is 0 Å². The van der Waals surface area contributed by atoms with Gasteiger partial charge in [-0.1, -0.05) is 41.4 Å². The zero-order chi connectivity index (χ0) is 17.1. The molecule has 0 saturated carbocycles. The minimum atomic E-state index is -0.463. The van der Waals surface area contributed by atoms with Gasteiger partial charge in [-0.2, -0.15) is 5.26 Å². The van der Waals surface area contributed by atoms with Crippen LogP contribution in [-0.2, 0) is 0 Å². The third kappa shape index (κ3) is 3.35. The van der Waals surface area contributed by atoms with Crippen molar-refractivity contribution in [1.82, 2.24) is 0 Å². The van der Waals surface area contributed by atoms with Crippen LogP contribution in [0.1, 0.15) is 11.3 Å². The summed E-state index contributed by atoms with van der Waals surface area (Å²) in [6.45, 7) is 0. The van der Waals surface area contributed by atoms with Gasteiger partial charge in [-0.3, -0.25) is 0 Å². The molecule has 0 saturated heterocycles. The number of hydrogen-bond donors (Lipinski definition) is 0. The summed E-state index contributed by atoms with van der Waals surface area (Å²) in [5, 5.41) is 10.3. The second kappa shape index (κ2) is 6.92. The molecule has 0 aliphatic rings. The van der Waals surface area contributed by atoms with E-state index in [9.17, 15) is 9.65 Å². The normalized spacial score (nSPS) is 11.3. The number of rotatable bonds is 3. The number of halogens is 3. The zero-order valence-electron chi connectivity index (χ0n) is 12.3. The average molecular weight is 358 g/mol. The van der Waals surface area contributed by atoms with E-state index in [1.54, 1.807) is 48.5 Å². The SMILES string of the molecule is N#C/C(=C/c1ccc(-c2cc(Cl)ccc2Cl)o1)c1ccccc1F. The van der Waals surface area contributed by atoms with Crippen LogP contribution in [0.25, 0.3) is 23.0 Å². The monoisotopic (exact) mass is 357 g/mol. The molecule has 1 aromatic heterocycles. The van der Waals surface area contributed by atoms with Gasteiger partial charge < -0.3 is 4.42 Å². The van der Waals surface area contributed by atoms with Gasteiger partial charge in [0.15, 0.2) is 0 Å². The van der Waals surface area contributed by atoms with Crippen LogP contribution in [0.15, 0.2) is 59.0 Å². The molecule has 0 aliphatic heterocycles. The Kier molecular flexibility index (Phi) is 4.71. The molecule has 0 atom stereocenters. The maximum absolute atomic E-state index is 13.8. The zero-order valence-corrected chi connectivity index (χ0v) is 13.8. The summed E-state index contributed by atoms with van der Waals surface area (Å²) in [5.74, 6) is 0.468. The van der Waals surface area contributed by atoms with Crippen molar-refractivity contribution in [2.45, 2.75) is 0 Å². The van der Waals surface area contributed by atoms with Gasteiger partial charge in [-0.25, -0.2) is 4.39 Å². The third-order valence-corrected chi connectivity index (χ3v) is 3.96. The summed E-state index contributed by atoms with van der Waals surface area (Å²) in [6.07, 6.45) is 1.49. The Morgan fingerprint density at radius 1 is 1.08 bits per heavy atom. The molecule has 0 unspecified atom stereocenters. The molecule has 2 nitrogen and oxygen atoms in total. The van der Waals surface area contributed by atoms with Gasteiger partial charge in [0.05, 0.1) is 16.7 Å². The Hall–Kier alpha value is -2.54. The Bertz CT molecular complexity index is 969. The van der Waals surface area contributed by atoms with E-state index in [1.807, 2.05) is 6.07 Å². The maximum atomic E-state index is 13.8. The van der Waals surface area contributed by atoms with Gasteiger partial charge in [0.1, 0.15) is 17.3 Å². The van der Waals surface area contributed by atoms with Crippen LogP contribution < -0.4 is 0 Å². The van der Waals surface area contributed by atoms with Gasteiger partial charge >= 0.3 is 0 Å². The summed E-state index contributed by atoms with van der Waals surface area (Å²) in [7, 11) is 0. The predicted octanol–water partition coefficient (Wildman–Crippen LogP) is 6.46. The first-order chi connectivity index (χ1) is 11.6. The average Bonchev–Trinajstić information content (AvgIpc) is 3.04. The summed E-state index contributed by atoms with van der Waals surface area (Å²) in [6, 6.07) is 16.5. The topological polar surface area (TPSA) is 36.9 Å². The van der Waals surface area contributed by atoms with Crippen LogP contribution in [0.3, 0.4) is 0 Å². The van der Waals surface area contributed by atoms with Gasteiger partial charge in [-0.05, 0) is 42.5 Å². The lowest BCUT2D eigenvalue weighted by molar-refractivity contribution is 0.572. The van der Waals surface area contributed by atoms with Crippen molar-refractivity contribution >= 4 is 34.9 Å². The molecular weight excluding hydrogens is 348 g/mol. The highest BCUT2D eigenvalue weighted by atomic mass is 35.5. The molecule has 3 rings (SSSR count). The van der Waals surface area contributed by atoms with E-state index >= 15 is 0 Å². The number of allylic oxidation sites excluding steroid dienone is 1. The van der Waals surface area contributed by atoms with Crippen molar-refractivity contribution in [3.05, 3.63) is 81.8 Å². The largest absolute Gasteiger partial charge is 0.457 e. The second-order valence-corrected chi connectivity index (χ2v) is 5.82. The quantitative estimate of drug-likeness (QED) is 0.504. The number of hydrogen-bond acceptors (Lipinski definition) is 2. The molecule has 3 aromatic rings. The molecule has 0 fully saturated rings.